The Morgan fingerprint density at radius 2 is 2.16 bits per heavy atom. The topological polar surface area (TPSA) is 62.3 Å². The molecule has 1 N–H and O–H groups in total. The molecule has 1 fully saturated rings. The van der Waals surface area contributed by atoms with Crippen LogP contribution < -0.4 is 5.32 Å². The van der Waals surface area contributed by atoms with E-state index < -0.39 is 0 Å². The summed E-state index contributed by atoms with van der Waals surface area (Å²) in [5.74, 6) is -0.0928. The van der Waals surface area contributed by atoms with Crippen molar-refractivity contribution in [3.05, 3.63) is 65.0 Å². The van der Waals surface area contributed by atoms with Gasteiger partial charge in [-0.05, 0) is 43.0 Å². The Morgan fingerprint density at radius 3 is 2.84 bits per heavy atom. The number of amides is 2. The van der Waals surface area contributed by atoms with E-state index in [-0.39, 0.29) is 24.4 Å². The molecule has 0 unspecified atom stereocenters. The lowest BCUT2D eigenvalue weighted by atomic mass is 9.94. The molecular weight excluding hydrogens is 314 g/mol. The summed E-state index contributed by atoms with van der Waals surface area (Å²) in [4.78, 5) is 30.2. The van der Waals surface area contributed by atoms with Gasteiger partial charge < -0.3 is 10.2 Å². The highest BCUT2D eigenvalue weighted by molar-refractivity contribution is 5.86. The number of rotatable bonds is 5. The molecule has 1 saturated heterocycles. The molecule has 130 valence electrons. The van der Waals surface area contributed by atoms with Crippen molar-refractivity contribution >= 4 is 11.8 Å². The van der Waals surface area contributed by atoms with Gasteiger partial charge in [-0.2, -0.15) is 0 Å². The fourth-order valence-corrected chi connectivity index (χ4v) is 3.21. The zero-order valence-electron chi connectivity index (χ0n) is 14.7. The predicted molar refractivity (Wildman–Crippen MR) is 96.0 cm³/mol. The summed E-state index contributed by atoms with van der Waals surface area (Å²) in [6.07, 6.45) is 4.85. The lowest BCUT2D eigenvalue weighted by molar-refractivity contribution is -0.133. The van der Waals surface area contributed by atoms with E-state index in [1.807, 2.05) is 26.0 Å². The van der Waals surface area contributed by atoms with Crippen molar-refractivity contribution in [2.45, 2.75) is 32.7 Å². The molecule has 1 atom stereocenters. The zero-order valence-corrected chi connectivity index (χ0v) is 14.7. The van der Waals surface area contributed by atoms with Crippen LogP contribution in [-0.2, 0) is 9.59 Å². The van der Waals surface area contributed by atoms with Gasteiger partial charge in [-0.1, -0.05) is 29.8 Å². The first kappa shape index (κ1) is 17.1. The van der Waals surface area contributed by atoms with Crippen molar-refractivity contribution in [2.75, 3.05) is 13.1 Å². The third kappa shape index (κ3) is 4.05. The number of nitrogens with zero attached hydrogens (tertiary/aromatic N) is 2. The van der Waals surface area contributed by atoms with E-state index in [9.17, 15) is 9.59 Å². The molecule has 2 heterocycles. The van der Waals surface area contributed by atoms with Gasteiger partial charge in [-0.15, -0.1) is 0 Å². The number of nitrogens with one attached hydrogen (secondary N) is 1. The Hall–Kier alpha value is -2.69. The molecule has 0 bridgehead atoms. The number of aryl methyl sites for hydroxylation is 2. The van der Waals surface area contributed by atoms with Gasteiger partial charge in [0.25, 0.3) is 0 Å². The molecule has 0 aliphatic carbocycles. The van der Waals surface area contributed by atoms with Crippen molar-refractivity contribution in [1.82, 2.24) is 15.2 Å². The third-order valence-electron chi connectivity index (χ3n) is 4.57. The second-order valence-corrected chi connectivity index (χ2v) is 6.57. The van der Waals surface area contributed by atoms with Crippen molar-refractivity contribution in [1.29, 1.82) is 0 Å². The van der Waals surface area contributed by atoms with Gasteiger partial charge in [-0.3, -0.25) is 14.6 Å². The molecule has 1 aliphatic rings. The molecule has 2 aromatic rings. The first-order valence-electron chi connectivity index (χ1n) is 8.59. The number of hydrogen-bond acceptors (Lipinski definition) is 3. The first-order chi connectivity index (χ1) is 12.0. The zero-order chi connectivity index (χ0) is 17.8. The van der Waals surface area contributed by atoms with Crippen LogP contribution >= 0.6 is 0 Å². The minimum atomic E-state index is -0.279. The summed E-state index contributed by atoms with van der Waals surface area (Å²) in [5.41, 5.74) is 4.22. The molecule has 1 aromatic carbocycles. The highest BCUT2D eigenvalue weighted by Crippen LogP contribution is 2.25. The molecule has 25 heavy (non-hydrogen) atoms. The summed E-state index contributed by atoms with van der Waals surface area (Å²) in [7, 11) is 0. The second kappa shape index (κ2) is 7.47. The smallest absolute Gasteiger partial charge is 0.240 e. The molecule has 0 spiro atoms. The van der Waals surface area contributed by atoms with Crippen LogP contribution in [0, 0.1) is 13.8 Å². The summed E-state index contributed by atoms with van der Waals surface area (Å²) in [5, 5.41) is 3.09. The predicted octanol–water partition coefficient (Wildman–Crippen LogP) is 2.53. The normalized spacial score (nSPS) is 15.3. The van der Waals surface area contributed by atoms with Gasteiger partial charge in [0.15, 0.2) is 0 Å². The van der Waals surface area contributed by atoms with Crippen LogP contribution in [-0.4, -0.2) is 34.8 Å². The summed E-state index contributed by atoms with van der Waals surface area (Å²) in [6.45, 7) is 4.84. The third-order valence-corrected chi connectivity index (χ3v) is 4.57. The number of likely N-dealkylation sites (tertiary alicyclic amines) is 1. The Balaban J connectivity index is 1.85. The Kier molecular flexibility index (Phi) is 5.12. The number of hydrogen-bond donors (Lipinski definition) is 1. The quantitative estimate of drug-likeness (QED) is 0.912. The monoisotopic (exact) mass is 337 g/mol. The van der Waals surface area contributed by atoms with Crippen LogP contribution in [0.15, 0.2) is 42.7 Å². The Labute approximate surface area is 148 Å². The average Bonchev–Trinajstić information content (AvgIpc) is 3.01. The number of benzene rings is 1. The molecule has 5 heteroatoms. The fraction of sp³-hybridized carbons (Fsp3) is 0.350. The fourth-order valence-electron chi connectivity index (χ4n) is 3.21. The minimum absolute atomic E-state index is 0.0554. The van der Waals surface area contributed by atoms with Gasteiger partial charge in [0.2, 0.25) is 11.8 Å². The molecule has 0 radical (unpaired) electrons. The Bertz CT molecular complexity index is 774. The van der Waals surface area contributed by atoms with Crippen molar-refractivity contribution in [2.24, 2.45) is 0 Å². The highest BCUT2D eigenvalue weighted by Gasteiger charge is 2.25. The van der Waals surface area contributed by atoms with E-state index in [4.69, 9.17) is 0 Å². The van der Waals surface area contributed by atoms with Crippen molar-refractivity contribution in [3.8, 4) is 0 Å². The molecule has 3 rings (SSSR count). The van der Waals surface area contributed by atoms with Crippen LogP contribution in [0.5, 0.6) is 0 Å². The van der Waals surface area contributed by atoms with Crippen molar-refractivity contribution in [3.63, 3.8) is 0 Å². The van der Waals surface area contributed by atoms with E-state index >= 15 is 0 Å². The summed E-state index contributed by atoms with van der Waals surface area (Å²) >= 11 is 0. The number of aromatic nitrogens is 1. The second-order valence-electron chi connectivity index (χ2n) is 6.57. The van der Waals surface area contributed by atoms with E-state index in [1.54, 1.807) is 17.3 Å². The number of pyridine rings is 1. The Morgan fingerprint density at radius 1 is 1.32 bits per heavy atom. The van der Waals surface area contributed by atoms with Gasteiger partial charge in [-0.25, -0.2) is 0 Å². The maximum atomic E-state index is 12.6. The van der Waals surface area contributed by atoms with E-state index in [0.29, 0.717) is 13.0 Å². The minimum Gasteiger partial charge on any atom is -0.344 e. The van der Waals surface area contributed by atoms with Crippen LogP contribution in [0.4, 0.5) is 0 Å². The maximum absolute atomic E-state index is 12.6. The number of carbonyl (C=O) groups excluding carboxylic acids is 2. The van der Waals surface area contributed by atoms with E-state index in [0.717, 1.165) is 28.7 Å². The SMILES string of the molecule is Cc1ccc(C)c([C@H](NC(=O)CN2CCCC2=O)c2cccnc2)c1. The van der Waals surface area contributed by atoms with Crippen LogP contribution in [0.2, 0.25) is 0 Å². The van der Waals surface area contributed by atoms with Crippen molar-refractivity contribution < 1.29 is 9.59 Å². The van der Waals surface area contributed by atoms with Gasteiger partial charge in [0, 0.05) is 25.4 Å². The maximum Gasteiger partial charge on any atom is 0.240 e. The standard InChI is InChI=1S/C20H23N3O2/c1-14-7-8-15(2)17(11-14)20(16-5-3-9-21-12-16)22-18(24)13-23-10-4-6-19(23)25/h3,5,7-9,11-12,20H,4,6,10,13H2,1-2H3,(H,22,24)/t20-/m1/s1. The summed E-state index contributed by atoms with van der Waals surface area (Å²) in [6, 6.07) is 9.76. The molecule has 0 saturated carbocycles. The van der Waals surface area contributed by atoms with E-state index in [2.05, 4.69) is 28.5 Å². The first-order valence-corrected chi connectivity index (χ1v) is 8.59. The lowest BCUT2D eigenvalue weighted by Gasteiger charge is -2.23. The van der Waals surface area contributed by atoms with Crippen LogP contribution in [0.1, 0.15) is 41.1 Å². The van der Waals surface area contributed by atoms with Crippen LogP contribution in [0.25, 0.3) is 0 Å². The van der Waals surface area contributed by atoms with Crippen LogP contribution in [0.3, 0.4) is 0 Å². The number of carbonyl (C=O) groups is 2. The summed E-state index contributed by atoms with van der Waals surface area (Å²) < 4.78 is 0. The van der Waals surface area contributed by atoms with Gasteiger partial charge >= 0.3 is 0 Å². The molecule has 2 amide bonds. The van der Waals surface area contributed by atoms with Gasteiger partial charge in [0.1, 0.15) is 0 Å². The molecule has 1 aliphatic heterocycles. The molecule has 1 aromatic heterocycles. The molecular formula is C20H23N3O2. The highest BCUT2D eigenvalue weighted by atomic mass is 16.2. The van der Waals surface area contributed by atoms with Gasteiger partial charge in [0.05, 0.1) is 12.6 Å². The lowest BCUT2D eigenvalue weighted by Crippen LogP contribution is -2.39. The largest absolute Gasteiger partial charge is 0.344 e. The molecule has 5 nitrogen and oxygen atoms in total. The average molecular weight is 337 g/mol. The van der Waals surface area contributed by atoms with E-state index in [1.165, 1.54) is 0 Å².